The number of para-hydroxylation sites is 1. The summed E-state index contributed by atoms with van der Waals surface area (Å²) in [7, 11) is 0. The maximum Gasteiger partial charge on any atom is 0.286 e. The molecule has 2 aromatic carbocycles. The lowest BCUT2D eigenvalue weighted by molar-refractivity contribution is -0.151. The van der Waals surface area contributed by atoms with Gasteiger partial charge in [-0.3, -0.25) is 9.59 Å². The Morgan fingerprint density at radius 2 is 1.91 bits per heavy atom. The standard InChI is InChI=1S/C26H26ClNO7/c27-19-7-5-17(6-8-19)15-28-26(31)23-13-18(14-24(35-23)33-12-11-32-10-9-29)21-16-34-22-4-2-1-3-20(22)25(21)30/h1-8,13,16,18,24,29H,9-12,14-15H2,(H,28,31)/t18-,24+/m0/s1. The SMILES string of the molecule is O=C(NCc1ccc(Cl)cc1)C1=C[C@H](c2coc3ccccc3c2=O)C[C@H](OCCOCCO)O1. The summed E-state index contributed by atoms with van der Waals surface area (Å²) in [6.07, 6.45) is 2.60. The molecule has 2 atom stereocenters. The Bertz CT molecular complexity index is 1240. The van der Waals surface area contributed by atoms with E-state index in [1.165, 1.54) is 6.26 Å². The summed E-state index contributed by atoms with van der Waals surface area (Å²) in [5.74, 6) is -0.826. The fourth-order valence-corrected chi connectivity index (χ4v) is 3.89. The molecule has 0 saturated heterocycles. The zero-order chi connectivity index (χ0) is 24.6. The van der Waals surface area contributed by atoms with Crippen LogP contribution in [0.15, 0.2) is 75.8 Å². The molecule has 1 aromatic heterocycles. The van der Waals surface area contributed by atoms with Crippen molar-refractivity contribution < 1.29 is 28.5 Å². The summed E-state index contributed by atoms with van der Waals surface area (Å²) in [6, 6.07) is 14.1. The maximum absolute atomic E-state index is 13.2. The molecular formula is C26H26ClNO7. The molecule has 35 heavy (non-hydrogen) atoms. The van der Waals surface area contributed by atoms with Crippen molar-refractivity contribution in [3.05, 3.63) is 93.0 Å². The molecule has 2 heterocycles. The Morgan fingerprint density at radius 1 is 1.11 bits per heavy atom. The Morgan fingerprint density at radius 3 is 2.71 bits per heavy atom. The second-order valence-electron chi connectivity index (χ2n) is 7.95. The van der Waals surface area contributed by atoms with E-state index >= 15 is 0 Å². The highest BCUT2D eigenvalue weighted by Gasteiger charge is 2.30. The van der Waals surface area contributed by atoms with Crippen LogP contribution >= 0.6 is 11.6 Å². The van der Waals surface area contributed by atoms with Gasteiger partial charge in [-0.2, -0.15) is 0 Å². The number of benzene rings is 2. The van der Waals surface area contributed by atoms with Gasteiger partial charge in [0.2, 0.25) is 6.29 Å². The molecule has 1 aliphatic rings. The van der Waals surface area contributed by atoms with Gasteiger partial charge in [0.1, 0.15) is 5.58 Å². The van der Waals surface area contributed by atoms with Crippen molar-refractivity contribution in [3.8, 4) is 0 Å². The lowest BCUT2D eigenvalue weighted by Gasteiger charge is -2.29. The van der Waals surface area contributed by atoms with Crippen LogP contribution in [0.2, 0.25) is 5.02 Å². The Hall–Kier alpha value is -3.17. The van der Waals surface area contributed by atoms with Crippen LogP contribution in [0.25, 0.3) is 11.0 Å². The van der Waals surface area contributed by atoms with Crippen LogP contribution in [0.3, 0.4) is 0 Å². The minimum Gasteiger partial charge on any atom is -0.464 e. The predicted octanol–water partition coefficient (Wildman–Crippen LogP) is 3.50. The van der Waals surface area contributed by atoms with Gasteiger partial charge in [-0.25, -0.2) is 0 Å². The number of carbonyl (C=O) groups excluding carboxylic acids is 1. The lowest BCUT2D eigenvalue weighted by Crippen LogP contribution is -2.34. The van der Waals surface area contributed by atoms with Gasteiger partial charge in [0.25, 0.3) is 5.91 Å². The van der Waals surface area contributed by atoms with E-state index in [4.69, 9.17) is 35.3 Å². The summed E-state index contributed by atoms with van der Waals surface area (Å²) >= 11 is 5.92. The molecule has 0 saturated carbocycles. The number of aliphatic hydroxyl groups is 1. The third-order valence-electron chi connectivity index (χ3n) is 5.52. The van der Waals surface area contributed by atoms with E-state index in [1.807, 2.05) is 12.1 Å². The van der Waals surface area contributed by atoms with Gasteiger partial charge in [0, 0.05) is 29.5 Å². The third-order valence-corrected chi connectivity index (χ3v) is 5.77. The Labute approximate surface area is 207 Å². The van der Waals surface area contributed by atoms with Crippen LogP contribution in [-0.2, 0) is 25.5 Å². The molecule has 0 unspecified atom stereocenters. The molecule has 3 aromatic rings. The van der Waals surface area contributed by atoms with Gasteiger partial charge in [-0.15, -0.1) is 0 Å². The molecule has 1 aliphatic heterocycles. The van der Waals surface area contributed by atoms with Crippen molar-refractivity contribution in [2.45, 2.75) is 25.2 Å². The van der Waals surface area contributed by atoms with Gasteiger partial charge < -0.3 is 29.1 Å². The highest BCUT2D eigenvalue weighted by molar-refractivity contribution is 6.30. The fraction of sp³-hybridized carbons (Fsp3) is 0.308. The largest absolute Gasteiger partial charge is 0.464 e. The number of rotatable bonds is 10. The lowest BCUT2D eigenvalue weighted by atomic mass is 9.93. The van der Waals surface area contributed by atoms with E-state index in [0.717, 1.165) is 5.56 Å². The van der Waals surface area contributed by atoms with Crippen LogP contribution in [0.4, 0.5) is 0 Å². The minimum absolute atomic E-state index is 0.0593. The van der Waals surface area contributed by atoms with Crippen molar-refractivity contribution in [3.63, 3.8) is 0 Å². The van der Waals surface area contributed by atoms with Gasteiger partial charge in [-0.1, -0.05) is 35.9 Å². The Kier molecular flexibility index (Phi) is 8.54. The molecule has 0 aliphatic carbocycles. The average molecular weight is 500 g/mol. The molecule has 0 fully saturated rings. The third kappa shape index (κ3) is 6.49. The topological polar surface area (TPSA) is 107 Å². The summed E-state index contributed by atoms with van der Waals surface area (Å²) in [4.78, 5) is 26.1. The first-order valence-electron chi connectivity index (χ1n) is 11.3. The maximum atomic E-state index is 13.2. The number of nitrogens with one attached hydrogen (secondary N) is 1. The van der Waals surface area contributed by atoms with Gasteiger partial charge in [-0.05, 0) is 35.9 Å². The quantitative estimate of drug-likeness (QED) is 0.411. The number of hydrogen-bond acceptors (Lipinski definition) is 7. The van der Waals surface area contributed by atoms with Crippen molar-refractivity contribution in [2.24, 2.45) is 0 Å². The molecule has 184 valence electrons. The molecular weight excluding hydrogens is 474 g/mol. The smallest absolute Gasteiger partial charge is 0.286 e. The van der Waals surface area contributed by atoms with E-state index < -0.39 is 18.1 Å². The predicted molar refractivity (Wildman–Crippen MR) is 130 cm³/mol. The van der Waals surface area contributed by atoms with E-state index in [1.54, 1.807) is 42.5 Å². The number of fused-ring (bicyclic) bond motifs is 1. The number of hydrogen-bond donors (Lipinski definition) is 2. The number of aliphatic hydroxyl groups excluding tert-OH is 1. The van der Waals surface area contributed by atoms with Crippen molar-refractivity contribution in [2.75, 3.05) is 26.4 Å². The average Bonchev–Trinajstić information content (AvgIpc) is 2.88. The van der Waals surface area contributed by atoms with Crippen LogP contribution in [-0.4, -0.2) is 43.7 Å². The zero-order valence-electron chi connectivity index (χ0n) is 18.9. The van der Waals surface area contributed by atoms with E-state index in [-0.39, 0.29) is 44.2 Å². The van der Waals surface area contributed by atoms with Crippen molar-refractivity contribution in [1.82, 2.24) is 5.32 Å². The van der Waals surface area contributed by atoms with Crippen molar-refractivity contribution >= 4 is 28.5 Å². The van der Waals surface area contributed by atoms with E-state index in [0.29, 0.717) is 28.0 Å². The molecule has 0 spiro atoms. The molecule has 0 bridgehead atoms. The van der Waals surface area contributed by atoms with Crippen molar-refractivity contribution in [1.29, 1.82) is 0 Å². The van der Waals surface area contributed by atoms with E-state index in [2.05, 4.69) is 5.32 Å². The zero-order valence-corrected chi connectivity index (χ0v) is 19.7. The second-order valence-corrected chi connectivity index (χ2v) is 8.39. The molecule has 4 rings (SSSR count). The number of carbonyl (C=O) groups is 1. The van der Waals surface area contributed by atoms with Gasteiger partial charge in [0.15, 0.2) is 11.2 Å². The van der Waals surface area contributed by atoms with E-state index in [9.17, 15) is 9.59 Å². The summed E-state index contributed by atoms with van der Waals surface area (Å²) < 4.78 is 22.5. The first-order chi connectivity index (χ1) is 17.0. The van der Waals surface area contributed by atoms with Crippen LogP contribution in [0.1, 0.15) is 23.5 Å². The monoisotopic (exact) mass is 499 g/mol. The molecule has 9 heteroatoms. The van der Waals surface area contributed by atoms with Crippen LogP contribution < -0.4 is 10.7 Å². The summed E-state index contributed by atoms with van der Waals surface area (Å²) in [5.41, 5.74) is 1.62. The van der Waals surface area contributed by atoms with Crippen LogP contribution in [0, 0.1) is 0 Å². The number of ether oxygens (including phenoxy) is 3. The second kappa shape index (κ2) is 12.0. The number of allylic oxidation sites excluding steroid dienone is 1. The van der Waals surface area contributed by atoms with Gasteiger partial charge in [0.05, 0.1) is 38.1 Å². The summed E-state index contributed by atoms with van der Waals surface area (Å²) in [5, 5.41) is 12.7. The molecule has 2 N–H and O–H groups in total. The highest BCUT2D eigenvalue weighted by atomic mass is 35.5. The molecule has 0 radical (unpaired) electrons. The summed E-state index contributed by atoms with van der Waals surface area (Å²) in [6.45, 7) is 0.850. The normalized spacial score (nSPS) is 17.6. The minimum atomic E-state index is -0.773. The number of amides is 1. The molecule has 8 nitrogen and oxygen atoms in total. The fourth-order valence-electron chi connectivity index (χ4n) is 3.76. The molecule has 1 amide bonds. The first-order valence-corrected chi connectivity index (χ1v) is 11.6. The highest BCUT2D eigenvalue weighted by Crippen LogP contribution is 2.31. The van der Waals surface area contributed by atoms with Gasteiger partial charge >= 0.3 is 0 Å². The Balaban J connectivity index is 1.53. The van der Waals surface area contributed by atoms with Crippen LogP contribution in [0.5, 0.6) is 0 Å². The number of halogens is 1. The first kappa shape index (κ1) is 24.9.